The van der Waals surface area contributed by atoms with E-state index >= 15 is 0 Å². The van der Waals surface area contributed by atoms with Gasteiger partial charge in [-0.15, -0.1) is 0 Å². The molecule has 2 aromatic heterocycles. The van der Waals surface area contributed by atoms with Gasteiger partial charge in [0, 0.05) is 39.4 Å². The highest BCUT2D eigenvalue weighted by atomic mass is 32.2. The number of hydrogen-bond acceptors (Lipinski definition) is 6. The summed E-state index contributed by atoms with van der Waals surface area (Å²) in [6.07, 6.45) is 2.59. The first-order valence-corrected chi connectivity index (χ1v) is 11.2. The van der Waals surface area contributed by atoms with E-state index in [1.807, 2.05) is 0 Å². The van der Waals surface area contributed by atoms with Gasteiger partial charge in [0.1, 0.15) is 9.79 Å². The molecule has 0 aliphatic carbocycles. The smallest absolute Gasteiger partial charge is 0.274 e. The SMILES string of the molecule is Cc1nn(C(F)F)c(C)c1S(=O)(=O)N1CCN(S(=O)(=O)c2cnn(C)c2)CC1. The lowest BCUT2D eigenvalue weighted by Gasteiger charge is -2.33. The van der Waals surface area contributed by atoms with Crippen molar-refractivity contribution in [2.24, 2.45) is 7.05 Å². The Hall–Kier alpha value is -1.90. The van der Waals surface area contributed by atoms with Crippen LogP contribution < -0.4 is 0 Å². The highest BCUT2D eigenvalue weighted by Gasteiger charge is 2.37. The van der Waals surface area contributed by atoms with Crippen LogP contribution in [-0.4, -0.2) is 71.2 Å². The Morgan fingerprint density at radius 3 is 1.96 bits per heavy atom. The highest BCUT2D eigenvalue weighted by molar-refractivity contribution is 7.89. The number of hydrogen-bond donors (Lipinski definition) is 0. The Bertz CT molecular complexity index is 1090. The molecule has 0 unspecified atom stereocenters. The maximum absolute atomic E-state index is 13.0. The summed E-state index contributed by atoms with van der Waals surface area (Å²) in [5.74, 6) is 0. The minimum Gasteiger partial charge on any atom is -0.274 e. The first-order valence-electron chi connectivity index (χ1n) is 8.29. The van der Waals surface area contributed by atoms with Gasteiger partial charge in [0.15, 0.2) is 0 Å². The van der Waals surface area contributed by atoms with E-state index < -0.39 is 26.6 Å². The molecule has 0 aromatic carbocycles. The van der Waals surface area contributed by atoms with E-state index in [4.69, 9.17) is 0 Å². The fourth-order valence-electron chi connectivity index (χ4n) is 3.17. The predicted molar refractivity (Wildman–Crippen MR) is 93.7 cm³/mol. The van der Waals surface area contributed by atoms with Crippen LogP contribution in [0, 0.1) is 13.8 Å². The molecule has 10 nitrogen and oxygen atoms in total. The van der Waals surface area contributed by atoms with E-state index in [0.29, 0.717) is 4.68 Å². The zero-order valence-electron chi connectivity index (χ0n) is 15.4. The molecule has 0 N–H and O–H groups in total. The first-order chi connectivity index (χ1) is 13.0. The van der Waals surface area contributed by atoms with Crippen molar-refractivity contribution in [3.05, 3.63) is 23.8 Å². The second-order valence-electron chi connectivity index (χ2n) is 6.38. The number of aromatic nitrogens is 4. The minimum atomic E-state index is -4.09. The standard InChI is InChI=1S/C14H20F2N6O4S2/c1-10-13(11(2)22(18-10)14(15)16)28(25,26)21-6-4-20(5-7-21)27(23,24)12-8-17-19(3)9-12/h8-9,14H,4-7H2,1-3H3. The molecule has 0 saturated carbocycles. The van der Waals surface area contributed by atoms with Crippen LogP contribution in [0.1, 0.15) is 17.9 Å². The lowest BCUT2D eigenvalue weighted by molar-refractivity contribution is 0.0538. The average molecular weight is 438 g/mol. The van der Waals surface area contributed by atoms with Gasteiger partial charge in [0.2, 0.25) is 20.0 Å². The van der Waals surface area contributed by atoms with Crippen LogP contribution in [0.4, 0.5) is 8.78 Å². The number of sulfonamides is 2. The first kappa shape index (κ1) is 20.8. The van der Waals surface area contributed by atoms with Crippen LogP contribution in [-0.2, 0) is 27.1 Å². The van der Waals surface area contributed by atoms with Crippen molar-refractivity contribution in [1.29, 1.82) is 0 Å². The summed E-state index contributed by atoms with van der Waals surface area (Å²) in [5.41, 5.74) is -0.180. The van der Waals surface area contributed by atoms with E-state index in [1.165, 1.54) is 35.2 Å². The lowest BCUT2D eigenvalue weighted by Crippen LogP contribution is -2.50. The normalized spacial score (nSPS) is 17.5. The molecule has 1 aliphatic rings. The van der Waals surface area contributed by atoms with Crippen molar-refractivity contribution in [3.8, 4) is 0 Å². The summed E-state index contributed by atoms with van der Waals surface area (Å²) in [7, 11) is -6.28. The van der Waals surface area contributed by atoms with E-state index in [2.05, 4.69) is 10.2 Å². The molecule has 0 amide bonds. The molecule has 1 aliphatic heterocycles. The van der Waals surface area contributed by atoms with E-state index in [1.54, 1.807) is 7.05 Å². The zero-order valence-corrected chi connectivity index (χ0v) is 17.1. The minimum absolute atomic E-state index is 0.0243. The number of nitrogens with zero attached hydrogens (tertiary/aromatic N) is 6. The van der Waals surface area contributed by atoms with Gasteiger partial charge in [0.25, 0.3) is 0 Å². The van der Waals surface area contributed by atoms with Crippen molar-refractivity contribution >= 4 is 20.0 Å². The largest absolute Gasteiger partial charge is 0.333 e. The Morgan fingerprint density at radius 1 is 1.00 bits per heavy atom. The second kappa shape index (κ2) is 7.17. The van der Waals surface area contributed by atoms with Crippen LogP contribution in [0.25, 0.3) is 0 Å². The lowest BCUT2D eigenvalue weighted by atomic mass is 10.4. The third kappa shape index (κ3) is 3.44. The highest BCUT2D eigenvalue weighted by Crippen LogP contribution is 2.28. The Morgan fingerprint density at radius 2 is 1.54 bits per heavy atom. The third-order valence-corrected chi connectivity index (χ3v) is 8.56. The van der Waals surface area contributed by atoms with Gasteiger partial charge in [-0.25, -0.2) is 21.5 Å². The molecule has 3 heterocycles. The summed E-state index contributed by atoms with van der Waals surface area (Å²) in [5, 5.41) is 7.45. The van der Waals surface area contributed by atoms with E-state index in [9.17, 15) is 25.6 Å². The van der Waals surface area contributed by atoms with Gasteiger partial charge in [-0.05, 0) is 13.8 Å². The van der Waals surface area contributed by atoms with Gasteiger partial charge >= 0.3 is 6.55 Å². The Kier molecular flexibility index (Phi) is 5.33. The Labute approximate surface area is 161 Å². The molecular formula is C14H20F2N6O4S2. The summed E-state index contributed by atoms with van der Waals surface area (Å²) in [4.78, 5) is -0.243. The van der Waals surface area contributed by atoms with Crippen LogP contribution >= 0.6 is 0 Å². The fourth-order valence-corrected chi connectivity index (χ4v) is 6.36. The maximum Gasteiger partial charge on any atom is 0.333 e. The molecule has 1 saturated heterocycles. The molecule has 0 bridgehead atoms. The predicted octanol–water partition coefficient (Wildman–Crippen LogP) is 0.324. The van der Waals surface area contributed by atoms with Gasteiger partial charge in [-0.3, -0.25) is 4.68 Å². The van der Waals surface area contributed by atoms with E-state index in [-0.39, 0.29) is 47.4 Å². The van der Waals surface area contributed by atoms with Crippen molar-refractivity contribution < 1.29 is 25.6 Å². The molecule has 0 radical (unpaired) electrons. The van der Waals surface area contributed by atoms with E-state index in [0.717, 1.165) is 4.31 Å². The zero-order chi connectivity index (χ0) is 20.9. The monoisotopic (exact) mass is 438 g/mol. The van der Waals surface area contributed by atoms with Crippen LogP contribution in [0.3, 0.4) is 0 Å². The number of piperazine rings is 1. The molecule has 0 spiro atoms. The number of alkyl halides is 2. The van der Waals surface area contributed by atoms with Gasteiger partial charge in [-0.1, -0.05) is 0 Å². The summed E-state index contributed by atoms with van der Waals surface area (Å²) < 4.78 is 81.1. The molecule has 2 aromatic rings. The van der Waals surface area contributed by atoms with Gasteiger partial charge in [-0.2, -0.15) is 27.6 Å². The third-order valence-electron chi connectivity index (χ3n) is 4.56. The number of rotatable bonds is 5. The quantitative estimate of drug-likeness (QED) is 0.665. The topological polar surface area (TPSA) is 110 Å². The fraction of sp³-hybridized carbons (Fsp3) is 0.571. The summed E-state index contributed by atoms with van der Waals surface area (Å²) in [6, 6.07) is 0. The van der Waals surface area contributed by atoms with Gasteiger partial charge < -0.3 is 0 Å². The second-order valence-corrected chi connectivity index (χ2v) is 10.2. The molecule has 1 fully saturated rings. The van der Waals surface area contributed by atoms with Crippen molar-refractivity contribution in [3.63, 3.8) is 0 Å². The van der Waals surface area contributed by atoms with Crippen molar-refractivity contribution in [1.82, 2.24) is 28.2 Å². The van der Waals surface area contributed by atoms with Gasteiger partial charge in [0.05, 0.1) is 17.6 Å². The molecule has 28 heavy (non-hydrogen) atoms. The van der Waals surface area contributed by atoms with Crippen molar-refractivity contribution in [2.45, 2.75) is 30.2 Å². The van der Waals surface area contributed by atoms with Crippen molar-refractivity contribution in [2.75, 3.05) is 26.2 Å². The number of halogens is 2. The molecule has 156 valence electrons. The molecule has 14 heteroatoms. The summed E-state index contributed by atoms with van der Waals surface area (Å²) >= 11 is 0. The van der Waals surface area contributed by atoms with Crippen LogP contribution in [0.5, 0.6) is 0 Å². The molecule has 0 atom stereocenters. The maximum atomic E-state index is 13.0. The Balaban J connectivity index is 1.81. The van der Waals surface area contributed by atoms with Crippen LogP contribution in [0.15, 0.2) is 22.2 Å². The average Bonchev–Trinajstić information content (AvgIpc) is 3.18. The molecule has 3 rings (SSSR count). The number of aryl methyl sites for hydroxylation is 2. The van der Waals surface area contributed by atoms with Crippen LogP contribution in [0.2, 0.25) is 0 Å². The summed E-state index contributed by atoms with van der Waals surface area (Å²) in [6.45, 7) is -0.649. The molecular weight excluding hydrogens is 418 g/mol.